The van der Waals surface area contributed by atoms with Crippen molar-refractivity contribution in [3.63, 3.8) is 0 Å². The van der Waals surface area contributed by atoms with Crippen molar-refractivity contribution in [3.05, 3.63) is 23.8 Å². The van der Waals surface area contributed by atoms with Crippen LogP contribution in [0.15, 0.2) is 23.1 Å². The smallest absolute Gasteiger partial charge is 0.251 e. The number of nitrogens with zero attached hydrogens (tertiary/aromatic N) is 2. The van der Waals surface area contributed by atoms with E-state index in [2.05, 4.69) is 10.2 Å². The van der Waals surface area contributed by atoms with E-state index in [4.69, 9.17) is 0 Å². The number of rotatable bonds is 7. The normalized spacial score (nSPS) is 18.6. The maximum atomic E-state index is 13.3. The Morgan fingerprint density at radius 1 is 1.07 bits per heavy atom. The summed E-state index contributed by atoms with van der Waals surface area (Å²) in [6, 6.07) is 5.37. The van der Waals surface area contributed by atoms with Crippen LogP contribution in [0.25, 0.3) is 0 Å². The van der Waals surface area contributed by atoms with E-state index in [1.165, 1.54) is 10.7 Å². The van der Waals surface area contributed by atoms with Crippen molar-refractivity contribution in [3.8, 4) is 0 Å². The average Bonchev–Trinajstić information content (AvgIpc) is 3.23. The lowest BCUT2D eigenvalue weighted by atomic mass is 9.95. The lowest BCUT2D eigenvalue weighted by molar-refractivity contribution is 0.0927. The Labute approximate surface area is 169 Å². The summed E-state index contributed by atoms with van der Waals surface area (Å²) in [4.78, 5) is 15.2. The van der Waals surface area contributed by atoms with Gasteiger partial charge in [0.05, 0.1) is 5.69 Å². The van der Waals surface area contributed by atoms with Crippen molar-refractivity contribution >= 4 is 21.6 Å². The maximum Gasteiger partial charge on any atom is 0.251 e. The summed E-state index contributed by atoms with van der Waals surface area (Å²) >= 11 is 0. The molecule has 0 atom stereocenters. The number of anilines is 1. The first kappa shape index (κ1) is 21.1. The third kappa shape index (κ3) is 4.51. The van der Waals surface area contributed by atoms with Gasteiger partial charge in [-0.25, -0.2) is 8.42 Å². The first-order valence-electron chi connectivity index (χ1n) is 10.7. The van der Waals surface area contributed by atoms with Gasteiger partial charge in [0.1, 0.15) is 4.90 Å². The maximum absolute atomic E-state index is 13.3. The summed E-state index contributed by atoms with van der Waals surface area (Å²) < 4.78 is 28.1. The van der Waals surface area contributed by atoms with Gasteiger partial charge in [0, 0.05) is 37.8 Å². The van der Waals surface area contributed by atoms with Gasteiger partial charge in [0.15, 0.2) is 0 Å². The second-order valence-electron chi connectivity index (χ2n) is 7.77. The Morgan fingerprint density at radius 3 is 2.32 bits per heavy atom. The molecule has 2 fully saturated rings. The van der Waals surface area contributed by atoms with E-state index in [1.807, 2.05) is 19.9 Å². The lowest BCUT2D eigenvalue weighted by Crippen LogP contribution is -2.36. The molecule has 0 aromatic heterocycles. The SMILES string of the molecule is CCN(CC)S(=O)(=O)c1cc(C(=O)NC2CCCCC2)ccc1N1CCCC1. The van der Waals surface area contributed by atoms with E-state index in [0.717, 1.165) is 57.3 Å². The zero-order valence-corrected chi connectivity index (χ0v) is 17.9. The highest BCUT2D eigenvalue weighted by molar-refractivity contribution is 7.89. The van der Waals surface area contributed by atoms with Crippen LogP contribution in [0.4, 0.5) is 5.69 Å². The number of hydrogen-bond acceptors (Lipinski definition) is 4. The summed E-state index contributed by atoms with van der Waals surface area (Å²) in [6.45, 7) is 6.22. The summed E-state index contributed by atoms with van der Waals surface area (Å²) in [7, 11) is -3.65. The van der Waals surface area contributed by atoms with Crippen LogP contribution in [0.2, 0.25) is 0 Å². The molecule has 0 bridgehead atoms. The molecule has 1 aromatic rings. The van der Waals surface area contributed by atoms with Crippen LogP contribution in [0.1, 0.15) is 69.2 Å². The molecule has 28 heavy (non-hydrogen) atoms. The second kappa shape index (κ2) is 9.27. The van der Waals surface area contributed by atoms with Crippen LogP contribution in [0.5, 0.6) is 0 Å². The summed E-state index contributed by atoms with van der Waals surface area (Å²) in [5.74, 6) is -0.170. The first-order valence-corrected chi connectivity index (χ1v) is 12.1. The highest BCUT2D eigenvalue weighted by atomic mass is 32.2. The molecule has 156 valence electrons. The van der Waals surface area contributed by atoms with Crippen LogP contribution in [-0.2, 0) is 10.0 Å². The van der Waals surface area contributed by atoms with Gasteiger partial charge in [-0.3, -0.25) is 4.79 Å². The molecular formula is C21H33N3O3S. The molecule has 3 rings (SSSR count). The third-order valence-corrected chi connectivity index (χ3v) is 8.01. The molecule has 1 aromatic carbocycles. The molecule has 1 saturated heterocycles. The molecule has 0 radical (unpaired) electrons. The largest absolute Gasteiger partial charge is 0.370 e. The molecule has 1 aliphatic carbocycles. The first-order chi connectivity index (χ1) is 13.5. The molecule has 1 heterocycles. The van der Waals surface area contributed by atoms with Gasteiger partial charge in [0.2, 0.25) is 10.0 Å². The van der Waals surface area contributed by atoms with E-state index in [0.29, 0.717) is 18.7 Å². The summed E-state index contributed by atoms with van der Waals surface area (Å²) in [6.07, 6.45) is 7.64. The Morgan fingerprint density at radius 2 is 1.71 bits per heavy atom. The van der Waals surface area contributed by atoms with Gasteiger partial charge in [-0.2, -0.15) is 4.31 Å². The van der Waals surface area contributed by atoms with E-state index < -0.39 is 10.0 Å². The van der Waals surface area contributed by atoms with E-state index in [1.54, 1.807) is 12.1 Å². The predicted octanol–water partition coefficient (Wildman–Crippen LogP) is 3.38. The summed E-state index contributed by atoms with van der Waals surface area (Å²) in [5.41, 5.74) is 1.15. The highest BCUT2D eigenvalue weighted by Gasteiger charge is 2.29. The van der Waals surface area contributed by atoms with Gasteiger partial charge in [0.25, 0.3) is 5.91 Å². The van der Waals surface area contributed by atoms with E-state index in [-0.39, 0.29) is 16.8 Å². The predicted molar refractivity (Wildman–Crippen MR) is 112 cm³/mol. The second-order valence-corrected chi connectivity index (χ2v) is 9.68. The molecule has 7 heteroatoms. The highest BCUT2D eigenvalue weighted by Crippen LogP contribution is 2.31. The van der Waals surface area contributed by atoms with Gasteiger partial charge in [-0.1, -0.05) is 33.1 Å². The van der Waals surface area contributed by atoms with Crippen molar-refractivity contribution in [1.82, 2.24) is 9.62 Å². The molecule has 1 N–H and O–H groups in total. The Hall–Kier alpha value is -1.60. The number of carbonyl (C=O) groups excluding carboxylic acids is 1. The van der Waals surface area contributed by atoms with Crippen LogP contribution in [0, 0.1) is 0 Å². The van der Waals surface area contributed by atoms with Gasteiger partial charge in [-0.05, 0) is 43.9 Å². The van der Waals surface area contributed by atoms with Gasteiger partial charge < -0.3 is 10.2 Å². The van der Waals surface area contributed by atoms with Crippen LogP contribution >= 0.6 is 0 Å². The van der Waals surface area contributed by atoms with Crippen LogP contribution < -0.4 is 10.2 Å². The van der Waals surface area contributed by atoms with Crippen LogP contribution in [0.3, 0.4) is 0 Å². The molecule has 1 aliphatic heterocycles. The molecule has 0 spiro atoms. The topological polar surface area (TPSA) is 69.7 Å². The molecule has 0 unspecified atom stereocenters. The monoisotopic (exact) mass is 407 g/mol. The molecule has 1 amide bonds. The minimum absolute atomic E-state index is 0.170. The van der Waals surface area contributed by atoms with Crippen molar-refractivity contribution in [1.29, 1.82) is 0 Å². The number of sulfonamides is 1. The Balaban J connectivity index is 1.94. The fraction of sp³-hybridized carbons (Fsp3) is 0.667. The van der Waals surface area contributed by atoms with Crippen molar-refractivity contribution < 1.29 is 13.2 Å². The lowest BCUT2D eigenvalue weighted by Gasteiger charge is -2.26. The number of hydrogen-bond donors (Lipinski definition) is 1. The molecule has 2 aliphatic rings. The van der Waals surface area contributed by atoms with Gasteiger partial charge >= 0.3 is 0 Å². The Kier molecular flexibility index (Phi) is 6.99. The Bertz CT molecular complexity index is 778. The van der Waals surface area contributed by atoms with Crippen molar-refractivity contribution in [2.45, 2.75) is 69.7 Å². The summed E-state index contributed by atoms with van der Waals surface area (Å²) in [5, 5.41) is 3.10. The number of benzene rings is 1. The quantitative estimate of drug-likeness (QED) is 0.752. The molecule has 1 saturated carbocycles. The molecular weight excluding hydrogens is 374 g/mol. The zero-order valence-electron chi connectivity index (χ0n) is 17.1. The average molecular weight is 408 g/mol. The molecule has 6 nitrogen and oxygen atoms in total. The fourth-order valence-electron chi connectivity index (χ4n) is 4.30. The van der Waals surface area contributed by atoms with Crippen molar-refractivity contribution in [2.75, 3.05) is 31.1 Å². The minimum Gasteiger partial charge on any atom is -0.370 e. The fourth-order valence-corrected chi connectivity index (χ4v) is 5.99. The van der Waals surface area contributed by atoms with E-state index >= 15 is 0 Å². The standard InChI is InChI=1S/C21H33N3O3S/c1-3-24(4-2)28(26,27)20-16-17(12-13-19(20)23-14-8-9-15-23)21(25)22-18-10-6-5-7-11-18/h12-13,16,18H,3-11,14-15H2,1-2H3,(H,22,25). The van der Waals surface area contributed by atoms with E-state index in [9.17, 15) is 13.2 Å². The third-order valence-electron chi connectivity index (χ3n) is 5.93. The zero-order chi connectivity index (χ0) is 20.1. The number of amides is 1. The number of nitrogens with one attached hydrogen (secondary N) is 1. The number of carbonyl (C=O) groups is 1. The van der Waals surface area contributed by atoms with Gasteiger partial charge in [-0.15, -0.1) is 0 Å². The minimum atomic E-state index is -3.65. The van der Waals surface area contributed by atoms with Crippen LogP contribution in [-0.4, -0.2) is 50.9 Å². The van der Waals surface area contributed by atoms with Crippen molar-refractivity contribution in [2.24, 2.45) is 0 Å².